The molecule has 0 aromatic carbocycles. The molecule has 0 bridgehead atoms. The Morgan fingerprint density at radius 3 is 2.35 bits per heavy atom. The quantitative estimate of drug-likeness (QED) is 0.792. The molecule has 0 amide bonds. The van der Waals surface area contributed by atoms with Crippen LogP contribution in [0.5, 0.6) is 0 Å². The van der Waals surface area contributed by atoms with Gasteiger partial charge >= 0.3 is 0 Å². The van der Waals surface area contributed by atoms with Crippen molar-refractivity contribution >= 4 is 0 Å². The third-order valence-corrected chi connectivity index (χ3v) is 4.43. The van der Waals surface area contributed by atoms with Gasteiger partial charge in [-0.25, -0.2) is 0 Å². The van der Waals surface area contributed by atoms with E-state index >= 15 is 0 Å². The van der Waals surface area contributed by atoms with Gasteiger partial charge in [0, 0.05) is 6.04 Å². The fraction of sp³-hybridized carbons (Fsp3) is 0.933. The molecule has 2 heteroatoms. The Morgan fingerprint density at radius 1 is 1.18 bits per heavy atom. The zero-order valence-electron chi connectivity index (χ0n) is 11.6. The summed E-state index contributed by atoms with van der Waals surface area (Å²) >= 11 is 0. The van der Waals surface area contributed by atoms with Crippen LogP contribution in [0.4, 0.5) is 0 Å². The summed E-state index contributed by atoms with van der Waals surface area (Å²) in [4.78, 5) is 0. The maximum Gasteiger partial charge on any atom is 0.107 e. The lowest BCUT2D eigenvalue weighted by molar-refractivity contribution is 0.107. The van der Waals surface area contributed by atoms with Crippen molar-refractivity contribution in [1.29, 1.82) is 5.26 Å². The number of nitrogens with one attached hydrogen (secondary N) is 1. The van der Waals surface area contributed by atoms with Gasteiger partial charge in [0.25, 0.3) is 0 Å². The summed E-state index contributed by atoms with van der Waals surface area (Å²) in [7, 11) is 0. The second-order valence-electron chi connectivity index (χ2n) is 7.17. The highest BCUT2D eigenvalue weighted by Crippen LogP contribution is 2.44. The number of rotatable bonds is 2. The molecule has 2 aliphatic carbocycles. The smallest absolute Gasteiger partial charge is 0.107 e. The molecule has 0 heterocycles. The molecule has 2 unspecified atom stereocenters. The minimum absolute atomic E-state index is 0.254. The topological polar surface area (TPSA) is 35.8 Å². The van der Waals surface area contributed by atoms with Gasteiger partial charge in [-0.2, -0.15) is 5.26 Å². The molecule has 0 spiro atoms. The molecule has 96 valence electrons. The fourth-order valence-electron chi connectivity index (χ4n) is 4.26. The third kappa shape index (κ3) is 3.01. The first-order valence-corrected chi connectivity index (χ1v) is 7.14. The summed E-state index contributed by atoms with van der Waals surface area (Å²) in [5.41, 5.74) is 0.0508. The first kappa shape index (κ1) is 12.9. The molecule has 0 saturated heterocycles. The molecule has 2 fully saturated rings. The Hall–Kier alpha value is -0.550. The van der Waals surface area contributed by atoms with Gasteiger partial charge in [-0.1, -0.05) is 33.6 Å². The van der Waals surface area contributed by atoms with Crippen LogP contribution in [0.1, 0.15) is 65.7 Å². The molecule has 1 N–H and O–H groups in total. The highest BCUT2D eigenvalue weighted by molar-refractivity contribution is 5.13. The van der Waals surface area contributed by atoms with E-state index in [0.29, 0.717) is 17.4 Å². The van der Waals surface area contributed by atoms with Crippen LogP contribution in [0.25, 0.3) is 0 Å². The van der Waals surface area contributed by atoms with Crippen molar-refractivity contribution in [2.45, 2.75) is 77.3 Å². The number of nitriles is 1. The van der Waals surface area contributed by atoms with Gasteiger partial charge in [-0.3, -0.25) is 5.32 Å². The van der Waals surface area contributed by atoms with Gasteiger partial charge in [-0.05, 0) is 43.4 Å². The summed E-state index contributed by atoms with van der Waals surface area (Å²) in [6.07, 6.45) is 8.48. The molecule has 2 rings (SSSR count). The normalized spacial score (nSPS) is 37.9. The number of hydrogen-bond acceptors (Lipinski definition) is 2. The van der Waals surface area contributed by atoms with Crippen molar-refractivity contribution in [3.05, 3.63) is 0 Å². The Bertz CT molecular complexity index is 309. The predicted octanol–water partition coefficient (Wildman–Crippen LogP) is 3.63. The molecule has 0 aromatic rings. The van der Waals surface area contributed by atoms with Crippen LogP contribution >= 0.6 is 0 Å². The molecule has 2 saturated carbocycles. The zero-order chi connectivity index (χ0) is 12.5. The van der Waals surface area contributed by atoms with E-state index in [0.717, 1.165) is 12.8 Å². The zero-order valence-corrected chi connectivity index (χ0v) is 11.6. The molecule has 17 heavy (non-hydrogen) atoms. The van der Waals surface area contributed by atoms with Gasteiger partial charge in [0.2, 0.25) is 0 Å². The van der Waals surface area contributed by atoms with E-state index in [-0.39, 0.29) is 5.54 Å². The molecule has 2 nitrogen and oxygen atoms in total. The van der Waals surface area contributed by atoms with Gasteiger partial charge in [-0.15, -0.1) is 0 Å². The summed E-state index contributed by atoms with van der Waals surface area (Å²) < 4.78 is 0. The lowest BCUT2D eigenvalue weighted by atomic mass is 9.64. The maximum atomic E-state index is 9.64. The predicted molar refractivity (Wildman–Crippen MR) is 70.5 cm³/mol. The second-order valence-corrected chi connectivity index (χ2v) is 7.17. The van der Waals surface area contributed by atoms with Crippen molar-refractivity contribution in [2.24, 2.45) is 11.3 Å². The first-order valence-electron chi connectivity index (χ1n) is 7.14. The van der Waals surface area contributed by atoms with E-state index in [1.165, 1.54) is 32.1 Å². The monoisotopic (exact) mass is 234 g/mol. The van der Waals surface area contributed by atoms with E-state index in [1.54, 1.807) is 0 Å². The van der Waals surface area contributed by atoms with Crippen molar-refractivity contribution in [2.75, 3.05) is 0 Å². The Morgan fingerprint density at radius 2 is 1.82 bits per heavy atom. The SMILES string of the molecule is CC1CC(C)(C)CC(C#N)(NC2CCCC2)C1. The van der Waals surface area contributed by atoms with Crippen LogP contribution in [0, 0.1) is 22.7 Å². The summed E-state index contributed by atoms with van der Waals surface area (Å²) in [6.45, 7) is 6.92. The summed E-state index contributed by atoms with van der Waals surface area (Å²) in [6, 6.07) is 3.21. The highest BCUT2D eigenvalue weighted by Gasteiger charge is 2.44. The van der Waals surface area contributed by atoms with E-state index in [4.69, 9.17) is 0 Å². The van der Waals surface area contributed by atoms with Crippen LogP contribution in [0.2, 0.25) is 0 Å². The third-order valence-electron chi connectivity index (χ3n) is 4.43. The van der Waals surface area contributed by atoms with Gasteiger partial charge in [0.1, 0.15) is 5.54 Å². The van der Waals surface area contributed by atoms with Crippen LogP contribution in [0.3, 0.4) is 0 Å². The van der Waals surface area contributed by atoms with Gasteiger partial charge in [0.05, 0.1) is 6.07 Å². The van der Waals surface area contributed by atoms with Crippen LogP contribution in [-0.4, -0.2) is 11.6 Å². The summed E-state index contributed by atoms with van der Waals surface area (Å²) in [5, 5.41) is 13.3. The van der Waals surface area contributed by atoms with Crippen molar-refractivity contribution < 1.29 is 0 Å². The average Bonchev–Trinajstić information content (AvgIpc) is 2.67. The molecule has 0 aliphatic heterocycles. The first-order chi connectivity index (χ1) is 7.95. The lowest BCUT2D eigenvalue weighted by Crippen LogP contribution is -2.54. The Labute approximate surface area is 106 Å². The molecular formula is C15H26N2. The Kier molecular flexibility index (Phi) is 3.50. The van der Waals surface area contributed by atoms with Crippen LogP contribution in [-0.2, 0) is 0 Å². The van der Waals surface area contributed by atoms with E-state index in [9.17, 15) is 5.26 Å². The minimum Gasteiger partial charge on any atom is -0.297 e. The number of hydrogen-bond donors (Lipinski definition) is 1. The van der Waals surface area contributed by atoms with Crippen molar-refractivity contribution in [1.82, 2.24) is 5.32 Å². The lowest BCUT2D eigenvalue weighted by Gasteiger charge is -2.45. The standard InChI is InChI=1S/C15H26N2/c1-12-8-14(2,3)10-15(9-12,11-16)17-13-6-4-5-7-13/h12-13,17H,4-10H2,1-3H3. The summed E-state index contributed by atoms with van der Waals surface area (Å²) in [5.74, 6) is 0.660. The fourth-order valence-corrected chi connectivity index (χ4v) is 4.26. The molecular weight excluding hydrogens is 208 g/mol. The molecule has 0 radical (unpaired) electrons. The maximum absolute atomic E-state index is 9.64. The largest absolute Gasteiger partial charge is 0.297 e. The Balaban J connectivity index is 2.09. The molecule has 0 aromatic heterocycles. The molecule has 2 aliphatic rings. The van der Waals surface area contributed by atoms with Gasteiger partial charge in [0.15, 0.2) is 0 Å². The highest BCUT2D eigenvalue weighted by atomic mass is 15.0. The average molecular weight is 234 g/mol. The van der Waals surface area contributed by atoms with Crippen LogP contribution < -0.4 is 5.32 Å². The van der Waals surface area contributed by atoms with E-state index < -0.39 is 0 Å². The second kappa shape index (κ2) is 4.61. The van der Waals surface area contributed by atoms with Crippen molar-refractivity contribution in [3.8, 4) is 6.07 Å². The number of nitrogens with zero attached hydrogens (tertiary/aromatic N) is 1. The van der Waals surface area contributed by atoms with Gasteiger partial charge < -0.3 is 0 Å². The van der Waals surface area contributed by atoms with Crippen LogP contribution in [0.15, 0.2) is 0 Å². The molecule has 2 atom stereocenters. The van der Waals surface area contributed by atoms with E-state index in [2.05, 4.69) is 32.2 Å². The van der Waals surface area contributed by atoms with E-state index in [1.807, 2.05) is 0 Å². The minimum atomic E-state index is -0.254. The van der Waals surface area contributed by atoms with Crippen molar-refractivity contribution in [3.63, 3.8) is 0 Å².